The maximum Gasteiger partial charge on any atom is 0.147 e. The summed E-state index contributed by atoms with van der Waals surface area (Å²) in [5.41, 5.74) is 5.92. The Morgan fingerprint density at radius 1 is 1.00 bits per heavy atom. The minimum Gasteiger partial charge on any atom is -0.377 e. The molecule has 0 saturated carbocycles. The Labute approximate surface area is 165 Å². The molecule has 0 saturated heterocycles. The van der Waals surface area contributed by atoms with Crippen molar-refractivity contribution in [1.82, 2.24) is 0 Å². The predicted molar refractivity (Wildman–Crippen MR) is 112 cm³/mol. The molecule has 0 fully saturated rings. The van der Waals surface area contributed by atoms with Gasteiger partial charge < -0.3 is 14.6 Å². The third kappa shape index (κ3) is 5.58. The highest BCUT2D eigenvalue weighted by molar-refractivity contribution is 6.90. The summed E-state index contributed by atoms with van der Waals surface area (Å²) >= 11 is 5.98. The molecule has 0 aromatic heterocycles. The molecule has 2 atom stereocenters. The van der Waals surface area contributed by atoms with Crippen molar-refractivity contribution in [2.75, 3.05) is 13.9 Å². The molecule has 5 heteroatoms. The summed E-state index contributed by atoms with van der Waals surface area (Å²) in [7, 11) is -0.346. The van der Waals surface area contributed by atoms with Gasteiger partial charge in [-0.1, -0.05) is 71.2 Å². The predicted octanol–water partition coefficient (Wildman–Crippen LogP) is 5.58. The van der Waals surface area contributed by atoms with Crippen molar-refractivity contribution in [2.24, 2.45) is 0 Å². The molecule has 1 rings (SSSR count). The van der Waals surface area contributed by atoms with E-state index in [4.69, 9.17) is 21.1 Å². The number of ether oxygens (including phenoxy) is 2. The van der Waals surface area contributed by atoms with Crippen LogP contribution in [0.3, 0.4) is 0 Å². The molecule has 0 spiro atoms. The SMILES string of the molecule is COCO[C@@H](c1ccc(Cl)cc1)[C@@H](O)C#C[Si](C(C)C)(C(C)C)C(C)C. The van der Waals surface area contributed by atoms with Gasteiger partial charge in [-0.3, -0.25) is 0 Å². The fourth-order valence-corrected chi connectivity index (χ4v) is 9.26. The Morgan fingerprint density at radius 2 is 1.50 bits per heavy atom. The molecule has 0 aliphatic carbocycles. The van der Waals surface area contributed by atoms with Crippen LogP contribution in [0.1, 0.15) is 53.2 Å². The van der Waals surface area contributed by atoms with Gasteiger partial charge in [-0.15, -0.1) is 5.54 Å². The topological polar surface area (TPSA) is 38.7 Å². The zero-order valence-electron chi connectivity index (χ0n) is 17.0. The Morgan fingerprint density at radius 3 is 1.92 bits per heavy atom. The van der Waals surface area contributed by atoms with Crippen LogP contribution in [-0.2, 0) is 9.47 Å². The van der Waals surface area contributed by atoms with Crippen molar-refractivity contribution in [3.05, 3.63) is 34.9 Å². The quantitative estimate of drug-likeness (QED) is 0.354. The van der Waals surface area contributed by atoms with E-state index in [0.29, 0.717) is 21.6 Å². The van der Waals surface area contributed by atoms with E-state index >= 15 is 0 Å². The number of halogens is 1. The van der Waals surface area contributed by atoms with E-state index in [2.05, 4.69) is 53.0 Å². The van der Waals surface area contributed by atoms with Gasteiger partial charge in [0.1, 0.15) is 27.1 Å². The largest absolute Gasteiger partial charge is 0.377 e. The van der Waals surface area contributed by atoms with Gasteiger partial charge in [-0.05, 0) is 34.3 Å². The van der Waals surface area contributed by atoms with Crippen molar-refractivity contribution < 1.29 is 14.6 Å². The number of rotatable bonds is 8. The van der Waals surface area contributed by atoms with Crippen molar-refractivity contribution in [3.63, 3.8) is 0 Å². The fraction of sp³-hybridized carbons (Fsp3) is 0.619. The standard InChI is InChI=1S/C21H33ClO3Si/c1-15(2)26(16(3)4,17(5)6)13-12-20(23)21(25-14-24-7)18-8-10-19(22)11-9-18/h8-11,15-17,20-21,23H,14H2,1-7H3/t20-,21-/m0/s1. The van der Waals surface area contributed by atoms with Gasteiger partial charge in [0.15, 0.2) is 0 Å². The van der Waals surface area contributed by atoms with E-state index in [0.717, 1.165) is 5.56 Å². The molecule has 0 heterocycles. The van der Waals surface area contributed by atoms with Crippen molar-refractivity contribution in [1.29, 1.82) is 0 Å². The summed E-state index contributed by atoms with van der Waals surface area (Å²) in [4.78, 5) is 0. The Balaban J connectivity index is 3.21. The van der Waals surface area contributed by atoms with Crippen LogP contribution in [0.2, 0.25) is 21.6 Å². The maximum absolute atomic E-state index is 10.8. The molecule has 3 nitrogen and oxygen atoms in total. The fourth-order valence-electron chi connectivity index (χ4n) is 3.87. The van der Waals surface area contributed by atoms with Gasteiger partial charge in [0.2, 0.25) is 0 Å². The monoisotopic (exact) mass is 396 g/mol. The van der Waals surface area contributed by atoms with Crippen LogP contribution in [0, 0.1) is 11.5 Å². The number of hydrogen-bond acceptors (Lipinski definition) is 3. The normalized spacial score (nSPS) is 14.5. The summed E-state index contributed by atoms with van der Waals surface area (Å²) in [6.07, 6.45) is -1.49. The highest BCUT2D eigenvalue weighted by atomic mass is 35.5. The molecule has 0 bridgehead atoms. The highest BCUT2D eigenvalue weighted by Crippen LogP contribution is 2.40. The molecule has 1 aromatic carbocycles. The first-order valence-corrected chi connectivity index (χ1v) is 11.8. The number of aliphatic hydroxyl groups excluding tert-OH is 1. The molecule has 0 radical (unpaired) electrons. The number of hydrogen-bond donors (Lipinski definition) is 1. The first-order valence-electron chi connectivity index (χ1n) is 9.23. The van der Waals surface area contributed by atoms with Crippen LogP contribution < -0.4 is 0 Å². The Bertz CT molecular complexity index is 580. The third-order valence-corrected chi connectivity index (χ3v) is 11.7. The van der Waals surface area contributed by atoms with E-state index in [1.807, 2.05) is 12.1 Å². The van der Waals surface area contributed by atoms with Gasteiger partial charge in [0, 0.05) is 12.1 Å². The van der Waals surface area contributed by atoms with Crippen molar-refractivity contribution in [3.8, 4) is 11.5 Å². The second-order valence-corrected chi connectivity index (χ2v) is 13.7. The lowest BCUT2D eigenvalue weighted by Gasteiger charge is -2.38. The molecule has 1 aromatic rings. The molecule has 0 aliphatic rings. The molecule has 0 unspecified atom stereocenters. The van der Waals surface area contributed by atoms with E-state index < -0.39 is 20.3 Å². The van der Waals surface area contributed by atoms with Crippen LogP contribution in [-0.4, -0.2) is 33.2 Å². The van der Waals surface area contributed by atoms with E-state index in [1.54, 1.807) is 19.2 Å². The van der Waals surface area contributed by atoms with Gasteiger partial charge in [0.25, 0.3) is 0 Å². The number of aliphatic hydroxyl groups is 1. The van der Waals surface area contributed by atoms with Gasteiger partial charge >= 0.3 is 0 Å². The summed E-state index contributed by atoms with van der Waals surface area (Å²) < 4.78 is 10.8. The minimum atomic E-state index is -1.91. The van der Waals surface area contributed by atoms with Crippen molar-refractivity contribution >= 4 is 19.7 Å². The number of benzene rings is 1. The van der Waals surface area contributed by atoms with Crippen LogP contribution in [0.4, 0.5) is 0 Å². The molecular formula is C21H33ClO3Si. The first-order chi connectivity index (χ1) is 12.2. The second kappa shape index (κ2) is 10.5. The van der Waals surface area contributed by atoms with Crippen molar-refractivity contribution in [2.45, 2.75) is 70.4 Å². The first kappa shape index (κ1) is 23.2. The summed E-state index contributed by atoms with van der Waals surface area (Å²) in [6, 6.07) is 7.28. The Kier molecular flexibility index (Phi) is 9.36. The van der Waals surface area contributed by atoms with Crippen LogP contribution in [0.25, 0.3) is 0 Å². The zero-order chi connectivity index (χ0) is 19.9. The number of methoxy groups -OCH3 is 1. The maximum atomic E-state index is 10.8. The summed E-state index contributed by atoms with van der Waals surface area (Å²) in [5.74, 6) is 3.14. The smallest absolute Gasteiger partial charge is 0.147 e. The van der Waals surface area contributed by atoms with E-state index in [1.165, 1.54) is 0 Å². The lowest BCUT2D eigenvalue weighted by atomic mass is 10.0. The van der Waals surface area contributed by atoms with Gasteiger partial charge in [-0.2, -0.15) is 0 Å². The minimum absolute atomic E-state index is 0.0904. The summed E-state index contributed by atoms with van der Waals surface area (Å²) in [6.45, 7) is 13.6. The second-order valence-electron chi connectivity index (χ2n) is 7.66. The third-order valence-electron chi connectivity index (χ3n) is 5.15. The zero-order valence-corrected chi connectivity index (χ0v) is 18.8. The highest BCUT2D eigenvalue weighted by Gasteiger charge is 2.42. The summed E-state index contributed by atoms with van der Waals surface area (Å²) in [5, 5.41) is 11.4. The molecule has 26 heavy (non-hydrogen) atoms. The van der Waals surface area contributed by atoms with Crippen LogP contribution in [0.5, 0.6) is 0 Å². The van der Waals surface area contributed by atoms with E-state index in [-0.39, 0.29) is 6.79 Å². The molecule has 0 aliphatic heterocycles. The van der Waals surface area contributed by atoms with Crippen LogP contribution in [0.15, 0.2) is 24.3 Å². The average Bonchev–Trinajstić information content (AvgIpc) is 2.56. The molecule has 1 N–H and O–H groups in total. The average molecular weight is 397 g/mol. The Hall–Kier alpha value is -0.833. The van der Waals surface area contributed by atoms with Gasteiger partial charge in [-0.25, -0.2) is 0 Å². The lowest BCUT2D eigenvalue weighted by Crippen LogP contribution is -2.43. The lowest BCUT2D eigenvalue weighted by molar-refractivity contribution is -0.102. The van der Waals surface area contributed by atoms with Crippen LogP contribution >= 0.6 is 11.6 Å². The molecule has 146 valence electrons. The molecule has 0 amide bonds. The van der Waals surface area contributed by atoms with Gasteiger partial charge in [0.05, 0.1) is 0 Å². The molecular weight excluding hydrogens is 364 g/mol. The van der Waals surface area contributed by atoms with E-state index in [9.17, 15) is 5.11 Å².